The van der Waals surface area contributed by atoms with Gasteiger partial charge in [-0.25, -0.2) is 0 Å². The summed E-state index contributed by atoms with van der Waals surface area (Å²) in [6.45, 7) is 18.4. The quantitative estimate of drug-likeness (QED) is 0.322. The molecule has 27 heavy (non-hydrogen) atoms. The summed E-state index contributed by atoms with van der Waals surface area (Å²) in [6, 6.07) is 0. The molecule has 1 saturated heterocycles. The third-order valence-electron chi connectivity index (χ3n) is 5.90. The third kappa shape index (κ3) is 6.94. The Morgan fingerprint density at radius 3 is 2.33 bits per heavy atom. The van der Waals surface area contributed by atoms with Gasteiger partial charge in [-0.05, 0) is 37.9 Å². The summed E-state index contributed by atoms with van der Waals surface area (Å²) in [6.07, 6.45) is 2.89. The number of hydrogen-bond acceptors (Lipinski definition) is 5. The Bertz CT molecular complexity index is 448. The second-order valence-electron chi connectivity index (χ2n) is 9.31. The van der Waals surface area contributed by atoms with Crippen LogP contribution in [0.5, 0.6) is 0 Å². The van der Waals surface area contributed by atoms with Crippen molar-refractivity contribution in [1.29, 1.82) is 0 Å². The molecule has 1 rings (SSSR count). The van der Waals surface area contributed by atoms with E-state index in [0.717, 1.165) is 25.7 Å². The zero-order valence-electron chi connectivity index (χ0n) is 18.4. The van der Waals surface area contributed by atoms with Crippen LogP contribution in [0.15, 0.2) is 12.7 Å². The van der Waals surface area contributed by atoms with Crippen molar-refractivity contribution in [2.45, 2.75) is 122 Å². The van der Waals surface area contributed by atoms with Crippen molar-refractivity contribution in [2.24, 2.45) is 0 Å². The molecule has 1 aliphatic heterocycles. The molecular formula is C21H42O5Si. The summed E-state index contributed by atoms with van der Waals surface area (Å²) in [4.78, 5) is 0. The molecular weight excluding hydrogens is 360 g/mol. The minimum atomic E-state index is -2.16. The van der Waals surface area contributed by atoms with Crippen molar-refractivity contribution in [2.75, 3.05) is 0 Å². The first-order valence-corrected chi connectivity index (χ1v) is 13.3. The SMILES string of the molecule is C=CCC(CCCCC)O[C@@H]1O[C@H](C)[C@H](O)[C@H](O[Si](C)(C)C(C)(C)C)[C@H]1O. The molecule has 1 fully saturated rings. The maximum Gasteiger partial charge on any atom is 0.192 e. The Kier molecular flexibility index (Phi) is 9.65. The highest BCUT2D eigenvalue weighted by molar-refractivity contribution is 6.74. The zero-order chi connectivity index (χ0) is 20.8. The van der Waals surface area contributed by atoms with Crippen LogP contribution < -0.4 is 0 Å². The number of rotatable bonds is 10. The maximum atomic E-state index is 10.9. The number of hydrogen-bond donors (Lipinski definition) is 2. The summed E-state index contributed by atoms with van der Waals surface area (Å²) in [5.74, 6) is 0. The van der Waals surface area contributed by atoms with Crippen LogP contribution in [0.2, 0.25) is 18.1 Å². The van der Waals surface area contributed by atoms with E-state index in [9.17, 15) is 10.2 Å². The Morgan fingerprint density at radius 2 is 1.81 bits per heavy atom. The predicted octanol–water partition coefficient (Wildman–Crippen LogP) is 4.39. The molecule has 0 saturated carbocycles. The first-order valence-electron chi connectivity index (χ1n) is 10.4. The summed E-state index contributed by atoms with van der Waals surface area (Å²) in [7, 11) is -2.16. The molecule has 0 aromatic carbocycles. The van der Waals surface area contributed by atoms with Gasteiger partial charge in [-0.1, -0.05) is 53.0 Å². The van der Waals surface area contributed by atoms with Gasteiger partial charge in [0.2, 0.25) is 0 Å². The van der Waals surface area contributed by atoms with Crippen molar-refractivity contribution >= 4 is 8.32 Å². The Balaban J connectivity index is 2.88. The topological polar surface area (TPSA) is 68.2 Å². The van der Waals surface area contributed by atoms with E-state index in [-0.39, 0.29) is 11.1 Å². The first-order chi connectivity index (χ1) is 12.4. The minimum Gasteiger partial charge on any atom is -0.408 e. The summed E-state index contributed by atoms with van der Waals surface area (Å²) in [5.41, 5.74) is 0. The maximum absolute atomic E-state index is 10.9. The van der Waals surface area contributed by atoms with E-state index in [2.05, 4.69) is 47.4 Å². The first kappa shape index (κ1) is 24.8. The fourth-order valence-electron chi connectivity index (χ4n) is 3.00. The highest BCUT2D eigenvalue weighted by Crippen LogP contribution is 2.39. The lowest BCUT2D eigenvalue weighted by molar-refractivity contribution is -0.301. The second kappa shape index (κ2) is 10.5. The molecule has 1 heterocycles. The molecule has 1 unspecified atom stereocenters. The molecule has 0 amide bonds. The van der Waals surface area contributed by atoms with Crippen LogP contribution in [0, 0.1) is 0 Å². The molecule has 0 radical (unpaired) electrons. The standard InChI is InChI=1S/C21H42O5Si/c1-9-11-12-14-16(13-10-2)25-20-18(23)19(17(22)15(3)24-20)26-27(7,8)21(4,5)6/h10,15-20,22-23H,2,9,11-14H2,1,3-8H3/t15-,16?,17+,18-,19+,20+/m1/s1. The van der Waals surface area contributed by atoms with Crippen LogP contribution >= 0.6 is 0 Å². The fraction of sp³-hybridized carbons (Fsp3) is 0.905. The molecule has 2 N–H and O–H groups in total. The van der Waals surface area contributed by atoms with Gasteiger partial charge in [0.05, 0.1) is 12.2 Å². The van der Waals surface area contributed by atoms with Gasteiger partial charge in [0.15, 0.2) is 14.6 Å². The van der Waals surface area contributed by atoms with Gasteiger partial charge in [0.25, 0.3) is 0 Å². The van der Waals surface area contributed by atoms with E-state index in [1.54, 1.807) is 6.92 Å². The number of ether oxygens (including phenoxy) is 2. The summed E-state index contributed by atoms with van der Waals surface area (Å²) >= 11 is 0. The van der Waals surface area contributed by atoms with E-state index in [1.165, 1.54) is 0 Å². The molecule has 160 valence electrons. The number of unbranched alkanes of at least 4 members (excludes halogenated alkanes) is 2. The zero-order valence-corrected chi connectivity index (χ0v) is 19.4. The molecule has 0 aromatic heterocycles. The molecule has 0 spiro atoms. The van der Waals surface area contributed by atoms with Crippen LogP contribution in [-0.2, 0) is 13.9 Å². The lowest BCUT2D eigenvalue weighted by atomic mass is 9.99. The van der Waals surface area contributed by atoms with Crippen LogP contribution in [-0.4, -0.2) is 55.3 Å². The Morgan fingerprint density at radius 1 is 1.19 bits per heavy atom. The molecule has 5 nitrogen and oxygen atoms in total. The predicted molar refractivity (Wildman–Crippen MR) is 112 cm³/mol. The van der Waals surface area contributed by atoms with Crippen molar-refractivity contribution in [3.8, 4) is 0 Å². The molecule has 0 aromatic rings. The van der Waals surface area contributed by atoms with Crippen molar-refractivity contribution in [3.05, 3.63) is 12.7 Å². The van der Waals surface area contributed by atoms with Gasteiger partial charge in [0, 0.05) is 0 Å². The molecule has 6 heteroatoms. The van der Waals surface area contributed by atoms with Gasteiger partial charge in [-0.3, -0.25) is 0 Å². The molecule has 0 aliphatic carbocycles. The highest BCUT2D eigenvalue weighted by Gasteiger charge is 2.49. The van der Waals surface area contributed by atoms with Crippen molar-refractivity contribution in [3.63, 3.8) is 0 Å². The van der Waals surface area contributed by atoms with Crippen LogP contribution in [0.4, 0.5) is 0 Å². The normalized spacial score (nSPS) is 30.9. The highest BCUT2D eigenvalue weighted by atomic mass is 28.4. The average Bonchev–Trinajstić information content (AvgIpc) is 2.55. The van der Waals surface area contributed by atoms with Crippen LogP contribution in [0.1, 0.15) is 66.7 Å². The number of aliphatic hydroxyl groups is 2. The fourth-order valence-corrected chi connectivity index (χ4v) is 4.32. The van der Waals surface area contributed by atoms with Gasteiger partial charge in [0.1, 0.15) is 18.3 Å². The van der Waals surface area contributed by atoms with E-state index >= 15 is 0 Å². The lowest BCUT2D eigenvalue weighted by Gasteiger charge is -2.47. The van der Waals surface area contributed by atoms with Crippen molar-refractivity contribution in [1.82, 2.24) is 0 Å². The number of aliphatic hydroxyl groups excluding tert-OH is 2. The second-order valence-corrected chi connectivity index (χ2v) is 14.1. The van der Waals surface area contributed by atoms with Crippen molar-refractivity contribution < 1.29 is 24.1 Å². The smallest absolute Gasteiger partial charge is 0.192 e. The third-order valence-corrected chi connectivity index (χ3v) is 10.4. The molecule has 6 atom stereocenters. The summed E-state index contributed by atoms with van der Waals surface area (Å²) in [5, 5.41) is 21.5. The van der Waals surface area contributed by atoms with E-state index < -0.39 is 39.0 Å². The van der Waals surface area contributed by atoms with Gasteiger partial charge >= 0.3 is 0 Å². The Labute approximate surface area is 167 Å². The van der Waals surface area contributed by atoms with Gasteiger partial charge in [-0.15, -0.1) is 6.58 Å². The lowest BCUT2D eigenvalue weighted by Crippen LogP contribution is -2.62. The van der Waals surface area contributed by atoms with Gasteiger partial charge < -0.3 is 24.1 Å². The largest absolute Gasteiger partial charge is 0.408 e. The molecule has 1 aliphatic rings. The average molecular weight is 403 g/mol. The van der Waals surface area contributed by atoms with E-state index in [1.807, 2.05) is 6.08 Å². The minimum absolute atomic E-state index is 0.0180. The van der Waals surface area contributed by atoms with E-state index in [0.29, 0.717) is 6.42 Å². The molecule has 0 bridgehead atoms. The summed E-state index contributed by atoms with van der Waals surface area (Å²) < 4.78 is 18.3. The van der Waals surface area contributed by atoms with Crippen LogP contribution in [0.3, 0.4) is 0 Å². The van der Waals surface area contributed by atoms with E-state index in [4.69, 9.17) is 13.9 Å². The van der Waals surface area contributed by atoms with Gasteiger partial charge in [-0.2, -0.15) is 0 Å². The van der Waals surface area contributed by atoms with Crippen LogP contribution in [0.25, 0.3) is 0 Å². The Hall–Kier alpha value is -0.243. The monoisotopic (exact) mass is 402 g/mol.